The zero-order chi connectivity index (χ0) is 12.7. The Morgan fingerprint density at radius 3 is 2.53 bits per heavy atom. The summed E-state index contributed by atoms with van der Waals surface area (Å²) in [6.07, 6.45) is 8.64. The number of nitrogens with one attached hydrogen (secondary N) is 1. The van der Waals surface area contributed by atoms with E-state index >= 15 is 0 Å². The molecule has 0 radical (unpaired) electrons. The second-order valence-corrected chi connectivity index (χ2v) is 6.36. The molecule has 0 spiro atoms. The predicted octanol–water partition coefficient (Wildman–Crippen LogP) is 2.59. The largest absolute Gasteiger partial charge is 0.369 e. The van der Waals surface area contributed by atoms with Gasteiger partial charge in [-0.25, -0.2) is 0 Å². The van der Waals surface area contributed by atoms with Gasteiger partial charge in [0, 0.05) is 11.3 Å². The van der Waals surface area contributed by atoms with Crippen LogP contribution in [0.3, 0.4) is 0 Å². The van der Waals surface area contributed by atoms with Gasteiger partial charge in [0.25, 0.3) is 0 Å². The first-order chi connectivity index (χ1) is 8.08. The Labute approximate surface area is 109 Å². The van der Waals surface area contributed by atoms with E-state index < -0.39 is 0 Å². The van der Waals surface area contributed by atoms with Gasteiger partial charge in [-0.2, -0.15) is 11.8 Å². The molecule has 0 saturated heterocycles. The van der Waals surface area contributed by atoms with E-state index in [1.165, 1.54) is 32.1 Å². The van der Waals surface area contributed by atoms with Gasteiger partial charge in [0.15, 0.2) is 0 Å². The highest BCUT2D eigenvalue weighted by Crippen LogP contribution is 2.37. The van der Waals surface area contributed by atoms with Crippen LogP contribution in [0.2, 0.25) is 0 Å². The summed E-state index contributed by atoms with van der Waals surface area (Å²) in [5, 5.41) is 3.01. The molecule has 1 aliphatic carbocycles. The molecule has 0 bridgehead atoms. The highest BCUT2D eigenvalue weighted by Gasteiger charge is 2.31. The van der Waals surface area contributed by atoms with Crippen molar-refractivity contribution in [2.45, 2.75) is 56.8 Å². The van der Waals surface area contributed by atoms with Crippen LogP contribution < -0.4 is 5.32 Å². The molecule has 0 aromatic rings. The smallest absolute Gasteiger partial charge is 0.246 e. The summed E-state index contributed by atoms with van der Waals surface area (Å²) < 4.78 is 5.56. The Morgan fingerprint density at radius 2 is 2.00 bits per heavy atom. The van der Waals surface area contributed by atoms with Crippen LogP contribution in [-0.2, 0) is 9.53 Å². The van der Waals surface area contributed by atoms with Gasteiger partial charge in [0.2, 0.25) is 5.91 Å². The molecule has 1 fully saturated rings. The van der Waals surface area contributed by atoms with Gasteiger partial charge < -0.3 is 10.1 Å². The zero-order valence-electron chi connectivity index (χ0n) is 11.3. The fraction of sp³-hybridized carbons (Fsp3) is 0.923. The molecular weight excluding hydrogens is 234 g/mol. The summed E-state index contributed by atoms with van der Waals surface area (Å²) in [7, 11) is 0. The summed E-state index contributed by atoms with van der Waals surface area (Å²) in [6.45, 7) is 4.85. The zero-order valence-corrected chi connectivity index (χ0v) is 12.1. The number of hydrogen-bond donors (Lipinski definition) is 1. The minimum Gasteiger partial charge on any atom is -0.369 e. The molecule has 1 amide bonds. The standard InChI is InChI=1S/C13H25NO2S/c1-11(2)16-9-12(15)14-10-13(17-3)7-5-4-6-8-13/h11H,4-10H2,1-3H3,(H,14,15). The number of carbonyl (C=O) groups is 1. The lowest BCUT2D eigenvalue weighted by Gasteiger charge is -2.35. The Hall–Kier alpha value is -0.220. The van der Waals surface area contributed by atoms with Crippen molar-refractivity contribution >= 4 is 17.7 Å². The molecule has 0 unspecified atom stereocenters. The van der Waals surface area contributed by atoms with Crippen molar-refractivity contribution in [2.75, 3.05) is 19.4 Å². The molecule has 1 N–H and O–H groups in total. The van der Waals surface area contributed by atoms with Crippen LogP contribution in [0.1, 0.15) is 46.0 Å². The molecule has 0 aromatic carbocycles. The topological polar surface area (TPSA) is 38.3 Å². The molecule has 0 aliphatic heterocycles. The molecule has 0 heterocycles. The molecule has 100 valence electrons. The average molecular weight is 259 g/mol. The fourth-order valence-corrected chi connectivity index (χ4v) is 3.12. The molecule has 3 nitrogen and oxygen atoms in total. The summed E-state index contributed by atoms with van der Waals surface area (Å²) in [6, 6.07) is 0. The Balaban J connectivity index is 2.29. The Bertz CT molecular complexity index is 238. The third-order valence-electron chi connectivity index (χ3n) is 3.35. The van der Waals surface area contributed by atoms with Crippen molar-refractivity contribution < 1.29 is 9.53 Å². The fourth-order valence-electron chi connectivity index (χ4n) is 2.20. The van der Waals surface area contributed by atoms with E-state index in [1.54, 1.807) is 0 Å². The summed E-state index contributed by atoms with van der Waals surface area (Å²) in [5.74, 6) is 0.0118. The lowest BCUT2D eigenvalue weighted by atomic mass is 9.88. The van der Waals surface area contributed by atoms with E-state index in [9.17, 15) is 4.79 Å². The van der Waals surface area contributed by atoms with Gasteiger partial charge in [-0.3, -0.25) is 4.79 Å². The van der Waals surface area contributed by atoms with Crippen LogP contribution in [0, 0.1) is 0 Å². The third kappa shape index (κ3) is 5.30. The highest BCUT2D eigenvalue weighted by atomic mass is 32.2. The first-order valence-electron chi connectivity index (χ1n) is 6.51. The summed E-state index contributed by atoms with van der Waals surface area (Å²) >= 11 is 1.90. The van der Waals surface area contributed by atoms with Crippen molar-refractivity contribution in [3.63, 3.8) is 0 Å². The maximum absolute atomic E-state index is 11.6. The van der Waals surface area contributed by atoms with Gasteiger partial charge in [-0.05, 0) is 32.9 Å². The van der Waals surface area contributed by atoms with E-state index in [4.69, 9.17) is 4.74 Å². The first-order valence-corrected chi connectivity index (χ1v) is 7.74. The second kappa shape index (κ2) is 7.27. The normalized spacial score (nSPS) is 19.3. The van der Waals surface area contributed by atoms with Crippen molar-refractivity contribution in [3.05, 3.63) is 0 Å². The minimum absolute atomic E-state index is 0.0118. The number of carbonyl (C=O) groups excluding carboxylic acids is 1. The Morgan fingerprint density at radius 1 is 1.35 bits per heavy atom. The van der Waals surface area contributed by atoms with E-state index in [1.807, 2.05) is 25.6 Å². The van der Waals surface area contributed by atoms with Crippen molar-refractivity contribution in [3.8, 4) is 0 Å². The molecule has 0 aromatic heterocycles. The maximum atomic E-state index is 11.6. The molecule has 17 heavy (non-hydrogen) atoms. The van der Waals surface area contributed by atoms with Gasteiger partial charge in [0.1, 0.15) is 6.61 Å². The van der Waals surface area contributed by atoms with Crippen LogP contribution in [0.5, 0.6) is 0 Å². The quantitative estimate of drug-likeness (QED) is 0.797. The minimum atomic E-state index is 0.0118. The summed E-state index contributed by atoms with van der Waals surface area (Å²) in [5.41, 5.74) is 0. The highest BCUT2D eigenvalue weighted by molar-refractivity contribution is 8.00. The van der Waals surface area contributed by atoms with Gasteiger partial charge >= 0.3 is 0 Å². The molecular formula is C13H25NO2S. The number of hydrogen-bond acceptors (Lipinski definition) is 3. The molecule has 1 aliphatic rings. The van der Waals surface area contributed by atoms with Crippen LogP contribution in [0.25, 0.3) is 0 Å². The van der Waals surface area contributed by atoms with E-state index in [0.717, 1.165) is 6.54 Å². The third-order valence-corrected chi connectivity index (χ3v) is 4.77. The lowest BCUT2D eigenvalue weighted by molar-refractivity contribution is -0.127. The van der Waals surface area contributed by atoms with Crippen molar-refractivity contribution in [1.29, 1.82) is 0 Å². The average Bonchev–Trinajstić information content (AvgIpc) is 2.35. The molecule has 0 atom stereocenters. The molecule has 4 heteroatoms. The van der Waals surface area contributed by atoms with Crippen molar-refractivity contribution in [1.82, 2.24) is 5.32 Å². The van der Waals surface area contributed by atoms with E-state index in [2.05, 4.69) is 11.6 Å². The van der Waals surface area contributed by atoms with E-state index in [0.29, 0.717) is 0 Å². The Kier molecular flexibility index (Phi) is 6.34. The van der Waals surface area contributed by atoms with Crippen LogP contribution in [0.15, 0.2) is 0 Å². The first kappa shape index (κ1) is 14.8. The van der Waals surface area contributed by atoms with Gasteiger partial charge in [-0.15, -0.1) is 0 Å². The lowest BCUT2D eigenvalue weighted by Crippen LogP contribution is -2.43. The number of thioether (sulfide) groups is 1. The van der Waals surface area contributed by atoms with Crippen LogP contribution >= 0.6 is 11.8 Å². The van der Waals surface area contributed by atoms with Gasteiger partial charge in [0.05, 0.1) is 6.10 Å². The van der Waals surface area contributed by atoms with E-state index in [-0.39, 0.29) is 23.4 Å². The number of amides is 1. The molecule has 1 rings (SSSR count). The molecule has 1 saturated carbocycles. The SMILES string of the molecule is CSC1(CNC(=O)COC(C)C)CCCCC1. The second-order valence-electron chi connectivity index (χ2n) is 5.08. The maximum Gasteiger partial charge on any atom is 0.246 e. The predicted molar refractivity (Wildman–Crippen MR) is 73.4 cm³/mol. The van der Waals surface area contributed by atoms with Gasteiger partial charge in [-0.1, -0.05) is 19.3 Å². The van der Waals surface area contributed by atoms with Crippen LogP contribution in [0.4, 0.5) is 0 Å². The number of ether oxygens (including phenoxy) is 1. The number of rotatable bonds is 6. The van der Waals surface area contributed by atoms with Crippen molar-refractivity contribution in [2.24, 2.45) is 0 Å². The van der Waals surface area contributed by atoms with Crippen LogP contribution in [-0.4, -0.2) is 36.2 Å². The summed E-state index contributed by atoms with van der Waals surface area (Å²) in [4.78, 5) is 11.6. The monoisotopic (exact) mass is 259 g/mol.